The summed E-state index contributed by atoms with van der Waals surface area (Å²) in [6.07, 6.45) is 4.39. The van der Waals surface area contributed by atoms with Gasteiger partial charge in [0.15, 0.2) is 5.96 Å². The van der Waals surface area contributed by atoms with Crippen molar-refractivity contribution >= 4 is 29.9 Å². The Bertz CT molecular complexity index is 959. The molecule has 32 heavy (non-hydrogen) atoms. The molecule has 0 fully saturated rings. The van der Waals surface area contributed by atoms with E-state index in [1.54, 1.807) is 19.6 Å². The Morgan fingerprint density at radius 1 is 1.06 bits per heavy atom. The van der Waals surface area contributed by atoms with Crippen LogP contribution < -0.4 is 20.1 Å². The van der Waals surface area contributed by atoms with Gasteiger partial charge in [-0.25, -0.2) is 9.98 Å². The molecular weight excluding hydrogens is 521 g/mol. The van der Waals surface area contributed by atoms with Crippen molar-refractivity contribution in [2.24, 2.45) is 4.99 Å². The SMILES string of the molecule is CCNC(=NCc1ccc(Oc2ccc(OC)cc2)nc1)NCCn1cnnc1CC.I. The number of rotatable bonds is 10. The van der Waals surface area contributed by atoms with Crippen LogP contribution in [0, 0.1) is 0 Å². The Balaban J connectivity index is 0.00000363. The van der Waals surface area contributed by atoms with Gasteiger partial charge in [-0.15, -0.1) is 34.2 Å². The highest BCUT2D eigenvalue weighted by molar-refractivity contribution is 14.0. The van der Waals surface area contributed by atoms with Gasteiger partial charge in [-0.2, -0.15) is 0 Å². The standard InChI is InChI=1S/C22H29N7O2.HI/c1-4-20-28-27-16-29(20)13-12-24-22(23-5-2)26-15-17-6-11-21(25-14-17)31-19-9-7-18(30-3)8-10-19;/h6-11,14,16H,4-5,12-13,15H2,1-3H3,(H2,23,24,26);1H. The quantitative estimate of drug-likeness (QED) is 0.227. The van der Waals surface area contributed by atoms with E-state index in [-0.39, 0.29) is 24.0 Å². The zero-order chi connectivity index (χ0) is 21.9. The second-order valence-corrected chi connectivity index (χ2v) is 6.70. The van der Waals surface area contributed by atoms with Crippen molar-refractivity contribution in [3.63, 3.8) is 0 Å². The number of hydrogen-bond acceptors (Lipinski definition) is 6. The zero-order valence-corrected chi connectivity index (χ0v) is 20.9. The van der Waals surface area contributed by atoms with Crippen molar-refractivity contribution in [2.45, 2.75) is 33.4 Å². The molecule has 0 bridgehead atoms. The van der Waals surface area contributed by atoms with Crippen molar-refractivity contribution in [3.8, 4) is 17.4 Å². The first-order valence-corrected chi connectivity index (χ1v) is 10.4. The highest BCUT2D eigenvalue weighted by Gasteiger charge is 2.03. The van der Waals surface area contributed by atoms with Gasteiger partial charge in [-0.1, -0.05) is 13.0 Å². The number of aryl methyl sites for hydroxylation is 1. The number of nitrogens with zero attached hydrogens (tertiary/aromatic N) is 5. The van der Waals surface area contributed by atoms with Crippen LogP contribution in [-0.4, -0.2) is 45.9 Å². The Hall–Kier alpha value is -2.89. The molecule has 172 valence electrons. The highest BCUT2D eigenvalue weighted by Crippen LogP contribution is 2.22. The molecule has 0 saturated carbocycles. The van der Waals surface area contributed by atoms with E-state index < -0.39 is 0 Å². The molecule has 0 radical (unpaired) electrons. The van der Waals surface area contributed by atoms with Crippen molar-refractivity contribution in [1.29, 1.82) is 0 Å². The molecular formula is C22H30IN7O2. The minimum atomic E-state index is 0. The topological polar surface area (TPSA) is 98.5 Å². The number of aromatic nitrogens is 4. The average Bonchev–Trinajstić information content (AvgIpc) is 3.26. The molecule has 0 saturated heterocycles. The molecule has 1 aromatic carbocycles. The molecule has 0 aliphatic carbocycles. The number of nitrogens with one attached hydrogen (secondary N) is 2. The Kier molecular flexibility index (Phi) is 10.7. The van der Waals surface area contributed by atoms with E-state index in [1.807, 2.05) is 47.9 Å². The van der Waals surface area contributed by atoms with Crippen LogP contribution in [-0.2, 0) is 19.5 Å². The minimum absolute atomic E-state index is 0. The number of ether oxygens (including phenoxy) is 2. The third kappa shape index (κ3) is 7.66. The van der Waals surface area contributed by atoms with Gasteiger partial charge in [0.2, 0.25) is 5.88 Å². The summed E-state index contributed by atoms with van der Waals surface area (Å²) in [7, 11) is 1.63. The molecule has 2 aromatic heterocycles. The monoisotopic (exact) mass is 551 g/mol. The summed E-state index contributed by atoms with van der Waals surface area (Å²) in [5, 5.41) is 14.7. The van der Waals surface area contributed by atoms with Crippen molar-refractivity contribution in [3.05, 3.63) is 60.3 Å². The number of hydrogen-bond donors (Lipinski definition) is 2. The lowest BCUT2D eigenvalue weighted by atomic mass is 10.3. The first-order chi connectivity index (χ1) is 15.2. The number of aliphatic imine (C=N–C) groups is 1. The van der Waals surface area contributed by atoms with Gasteiger partial charge in [-0.3, -0.25) is 0 Å². The van der Waals surface area contributed by atoms with Crippen LogP contribution >= 0.6 is 24.0 Å². The summed E-state index contributed by atoms with van der Waals surface area (Å²) >= 11 is 0. The molecule has 0 unspecified atom stereocenters. The molecule has 0 aliphatic heterocycles. The van der Waals surface area contributed by atoms with Gasteiger partial charge in [0.05, 0.1) is 13.7 Å². The zero-order valence-electron chi connectivity index (χ0n) is 18.6. The lowest BCUT2D eigenvalue weighted by Gasteiger charge is -2.12. The fraction of sp³-hybridized carbons (Fsp3) is 0.364. The fourth-order valence-electron chi connectivity index (χ4n) is 2.88. The summed E-state index contributed by atoms with van der Waals surface area (Å²) in [4.78, 5) is 9.01. The van der Waals surface area contributed by atoms with E-state index in [0.717, 1.165) is 49.2 Å². The first-order valence-electron chi connectivity index (χ1n) is 10.4. The summed E-state index contributed by atoms with van der Waals surface area (Å²) < 4.78 is 13.0. The Labute approximate surface area is 205 Å². The number of benzene rings is 1. The van der Waals surface area contributed by atoms with Crippen molar-refractivity contribution in [2.75, 3.05) is 20.2 Å². The Morgan fingerprint density at radius 2 is 1.84 bits per heavy atom. The van der Waals surface area contributed by atoms with Crippen LogP contribution in [0.5, 0.6) is 17.4 Å². The maximum absolute atomic E-state index is 5.76. The number of pyridine rings is 1. The van der Waals surface area contributed by atoms with Crippen molar-refractivity contribution in [1.82, 2.24) is 30.4 Å². The molecule has 2 N–H and O–H groups in total. The smallest absolute Gasteiger partial charge is 0.219 e. The molecule has 10 heteroatoms. The number of halogens is 1. The predicted molar refractivity (Wildman–Crippen MR) is 135 cm³/mol. The molecule has 0 amide bonds. The van der Waals surface area contributed by atoms with Crippen LogP contribution in [0.3, 0.4) is 0 Å². The number of guanidine groups is 1. The maximum Gasteiger partial charge on any atom is 0.219 e. The lowest BCUT2D eigenvalue weighted by Crippen LogP contribution is -2.38. The van der Waals surface area contributed by atoms with Gasteiger partial charge < -0.3 is 24.7 Å². The van der Waals surface area contributed by atoms with Crippen LogP contribution in [0.25, 0.3) is 0 Å². The van der Waals surface area contributed by atoms with Gasteiger partial charge in [0, 0.05) is 38.3 Å². The van der Waals surface area contributed by atoms with E-state index in [2.05, 4.69) is 37.7 Å². The van der Waals surface area contributed by atoms with Gasteiger partial charge >= 0.3 is 0 Å². The molecule has 0 spiro atoms. The van der Waals surface area contributed by atoms with Crippen LogP contribution in [0.2, 0.25) is 0 Å². The largest absolute Gasteiger partial charge is 0.497 e. The van der Waals surface area contributed by atoms with E-state index in [1.165, 1.54) is 0 Å². The predicted octanol–water partition coefficient (Wildman–Crippen LogP) is 3.41. The fourth-order valence-corrected chi connectivity index (χ4v) is 2.88. The molecule has 2 heterocycles. The van der Waals surface area contributed by atoms with Crippen LogP contribution in [0.1, 0.15) is 25.2 Å². The maximum atomic E-state index is 5.76. The number of methoxy groups -OCH3 is 1. The molecule has 3 aromatic rings. The third-order valence-corrected chi connectivity index (χ3v) is 4.50. The average molecular weight is 551 g/mol. The van der Waals surface area contributed by atoms with E-state index >= 15 is 0 Å². The molecule has 0 atom stereocenters. The van der Waals surface area contributed by atoms with E-state index in [9.17, 15) is 0 Å². The van der Waals surface area contributed by atoms with Gasteiger partial charge in [0.25, 0.3) is 0 Å². The minimum Gasteiger partial charge on any atom is -0.497 e. The normalized spacial score (nSPS) is 10.9. The van der Waals surface area contributed by atoms with Crippen LogP contribution in [0.15, 0.2) is 53.9 Å². The first kappa shape index (κ1) is 25.4. The van der Waals surface area contributed by atoms with E-state index in [0.29, 0.717) is 18.2 Å². The van der Waals surface area contributed by atoms with Crippen molar-refractivity contribution < 1.29 is 9.47 Å². The van der Waals surface area contributed by atoms with Crippen LogP contribution in [0.4, 0.5) is 0 Å². The second-order valence-electron chi connectivity index (χ2n) is 6.70. The highest BCUT2D eigenvalue weighted by atomic mass is 127. The third-order valence-electron chi connectivity index (χ3n) is 4.50. The summed E-state index contributed by atoms with van der Waals surface area (Å²) in [6.45, 7) is 6.91. The second kappa shape index (κ2) is 13.5. The molecule has 3 rings (SSSR count). The summed E-state index contributed by atoms with van der Waals surface area (Å²) in [6, 6.07) is 11.2. The van der Waals surface area contributed by atoms with E-state index in [4.69, 9.17) is 9.47 Å². The summed E-state index contributed by atoms with van der Waals surface area (Å²) in [5.41, 5.74) is 0.992. The Morgan fingerprint density at radius 3 is 2.50 bits per heavy atom. The summed E-state index contributed by atoms with van der Waals surface area (Å²) in [5.74, 6) is 3.76. The van der Waals surface area contributed by atoms with Gasteiger partial charge in [-0.05, 0) is 36.8 Å². The molecule has 9 nitrogen and oxygen atoms in total. The van der Waals surface area contributed by atoms with Gasteiger partial charge in [0.1, 0.15) is 23.7 Å². The molecule has 0 aliphatic rings. The lowest BCUT2D eigenvalue weighted by molar-refractivity contribution is 0.412.